The standard InChI is InChI=1S/C14H9BrF3NOS/c15-11-5-3-9(14(16,17)18)8-12(11)19-13(20)6-4-10-2-1-7-21-10/h1-8H,(H,19,20)/b6-4+. The van der Waals surface area contributed by atoms with E-state index in [0.29, 0.717) is 4.47 Å². The molecule has 7 heteroatoms. The first kappa shape index (κ1) is 15.8. The summed E-state index contributed by atoms with van der Waals surface area (Å²) in [6, 6.07) is 6.75. The summed E-state index contributed by atoms with van der Waals surface area (Å²) < 4.78 is 38.3. The van der Waals surface area contributed by atoms with Gasteiger partial charge in [-0.3, -0.25) is 4.79 Å². The van der Waals surface area contributed by atoms with E-state index in [-0.39, 0.29) is 5.69 Å². The zero-order valence-corrected chi connectivity index (χ0v) is 12.8. The molecule has 1 aromatic heterocycles. The van der Waals surface area contributed by atoms with E-state index in [0.717, 1.165) is 17.0 Å². The Bertz CT molecular complexity index is 665. The van der Waals surface area contributed by atoms with Crippen LogP contribution in [0.15, 0.2) is 46.3 Å². The largest absolute Gasteiger partial charge is 0.416 e. The molecule has 0 spiro atoms. The van der Waals surface area contributed by atoms with Gasteiger partial charge in [0.05, 0.1) is 11.3 Å². The summed E-state index contributed by atoms with van der Waals surface area (Å²) in [6.45, 7) is 0. The van der Waals surface area contributed by atoms with Gasteiger partial charge < -0.3 is 5.32 Å². The maximum atomic E-state index is 12.6. The van der Waals surface area contributed by atoms with Crippen molar-refractivity contribution in [2.75, 3.05) is 5.32 Å². The number of amides is 1. The smallest absolute Gasteiger partial charge is 0.321 e. The summed E-state index contributed by atoms with van der Waals surface area (Å²) >= 11 is 4.57. The van der Waals surface area contributed by atoms with Gasteiger partial charge in [-0.05, 0) is 51.7 Å². The van der Waals surface area contributed by atoms with Crippen LogP contribution >= 0.6 is 27.3 Å². The van der Waals surface area contributed by atoms with Crippen LogP contribution in [0.25, 0.3) is 6.08 Å². The molecule has 1 N–H and O–H groups in total. The lowest BCUT2D eigenvalue weighted by Crippen LogP contribution is -2.11. The van der Waals surface area contributed by atoms with Crippen molar-refractivity contribution in [3.05, 3.63) is 56.7 Å². The van der Waals surface area contributed by atoms with E-state index in [1.165, 1.54) is 23.5 Å². The number of alkyl halides is 3. The minimum Gasteiger partial charge on any atom is -0.321 e. The Balaban J connectivity index is 2.13. The molecule has 0 unspecified atom stereocenters. The average Bonchev–Trinajstić information content (AvgIpc) is 2.91. The molecule has 0 saturated heterocycles. The van der Waals surface area contributed by atoms with Gasteiger partial charge in [-0.25, -0.2) is 0 Å². The number of hydrogen-bond acceptors (Lipinski definition) is 2. The number of benzene rings is 1. The molecule has 2 aromatic rings. The third kappa shape index (κ3) is 4.44. The number of hydrogen-bond donors (Lipinski definition) is 1. The van der Waals surface area contributed by atoms with Crippen molar-refractivity contribution in [3.63, 3.8) is 0 Å². The van der Waals surface area contributed by atoms with Gasteiger partial charge in [-0.2, -0.15) is 13.2 Å². The molecule has 2 nitrogen and oxygen atoms in total. The number of carbonyl (C=O) groups is 1. The number of anilines is 1. The van der Waals surface area contributed by atoms with Gasteiger partial charge in [0.15, 0.2) is 0 Å². The minimum atomic E-state index is -4.45. The Morgan fingerprint density at radius 1 is 1.29 bits per heavy atom. The van der Waals surface area contributed by atoms with Crippen LogP contribution in [0.1, 0.15) is 10.4 Å². The fourth-order valence-corrected chi connectivity index (χ4v) is 2.48. The van der Waals surface area contributed by atoms with E-state index in [2.05, 4.69) is 21.2 Å². The lowest BCUT2D eigenvalue weighted by atomic mass is 10.2. The van der Waals surface area contributed by atoms with Crippen LogP contribution in [0.5, 0.6) is 0 Å². The molecule has 21 heavy (non-hydrogen) atoms. The molecule has 0 fully saturated rings. The fraction of sp³-hybridized carbons (Fsp3) is 0.0714. The summed E-state index contributed by atoms with van der Waals surface area (Å²) in [5.74, 6) is -0.497. The van der Waals surface area contributed by atoms with Crippen LogP contribution in [0.3, 0.4) is 0 Å². The van der Waals surface area contributed by atoms with E-state index in [1.54, 1.807) is 6.08 Å². The van der Waals surface area contributed by atoms with Crippen molar-refractivity contribution in [1.82, 2.24) is 0 Å². The first-order chi connectivity index (χ1) is 9.86. The molecule has 1 heterocycles. The number of thiophene rings is 1. The Labute approximate surface area is 131 Å². The summed E-state index contributed by atoms with van der Waals surface area (Å²) in [4.78, 5) is 12.6. The second kappa shape index (κ2) is 6.44. The lowest BCUT2D eigenvalue weighted by Gasteiger charge is -2.10. The van der Waals surface area contributed by atoms with Crippen molar-refractivity contribution in [3.8, 4) is 0 Å². The van der Waals surface area contributed by atoms with E-state index in [4.69, 9.17) is 0 Å². The van der Waals surface area contributed by atoms with Gasteiger partial charge in [0.1, 0.15) is 0 Å². The summed E-state index contributed by atoms with van der Waals surface area (Å²) in [7, 11) is 0. The molecule has 0 bridgehead atoms. The number of rotatable bonds is 3. The van der Waals surface area contributed by atoms with Gasteiger partial charge in [0.2, 0.25) is 5.91 Å². The maximum absolute atomic E-state index is 12.6. The summed E-state index contributed by atoms with van der Waals surface area (Å²) in [5.41, 5.74) is -0.742. The van der Waals surface area contributed by atoms with Gasteiger partial charge in [0, 0.05) is 15.4 Å². The molecule has 0 saturated carbocycles. The fourth-order valence-electron chi connectivity index (χ4n) is 1.52. The summed E-state index contributed by atoms with van der Waals surface area (Å²) in [5, 5.41) is 4.28. The predicted molar refractivity (Wildman–Crippen MR) is 81.1 cm³/mol. The van der Waals surface area contributed by atoms with E-state index >= 15 is 0 Å². The highest BCUT2D eigenvalue weighted by atomic mass is 79.9. The van der Waals surface area contributed by atoms with E-state index in [9.17, 15) is 18.0 Å². The molecular weight excluding hydrogens is 367 g/mol. The van der Waals surface area contributed by atoms with Crippen molar-refractivity contribution >= 4 is 44.9 Å². The maximum Gasteiger partial charge on any atom is 0.416 e. The lowest BCUT2D eigenvalue weighted by molar-refractivity contribution is -0.137. The zero-order chi connectivity index (χ0) is 15.5. The molecule has 110 valence electrons. The topological polar surface area (TPSA) is 29.1 Å². The van der Waals surface area contributed by atoms with Crippen LogP contribution in [0, 0.1) is 0 Å². The van der Waals surface area contributed by atoms with Gasteiger partial charge >= 0.3 is 6.18 Å². The molecule has 0 atom stereocenters. The van der Waals surface area contributed by atoms with Gasteiger partial charge in [-0.15, -0.1) is 11.3 Å². The van der Waals surface area contributed by atoms with Crippen LogP contribution in [0.2, 0.25) is 0 Å². The molecule has 1 aromatic carbocycles. The molecular formula is C14H9BrF3NOS. The minimum absolute atomic E-state index is 0.0747. The SMILES string of the molecule is O=C(/C=C/c1cccs1)Nc1cc(C(F)(F)F)ccc1Br. The number of carbonyl (C=O) groups excluding carboxylic acids is 1. The number of halogens is 4. The number of nitrogens with one attached hydrogen (secondary N) is 1. The Morgan fingerprint density at radius 2 is 2.05 bits per heavy atom. The van der Waals surface area contributed by atoms with Crippen molar-refractivity contribution in [2.24, 2.45) is 0 Å². The Hall–Kier alpha value is -1.60. The monoisotopic (exact) mass is 375 g/mol. The first-order valence-electron chi connectivity index (χ1n) is 5.75. The van der Waals surface area contributed by atoms with E-state index in [1.807, 2.05) is 17.5 Å². The predicted octanol–water partition coefficient (Wildman–Crippen LogP) is 5.18. The normalized spacial score (nSPS) is 11.8. The van der Waals surface area contributed by atoms with Crippen molar-refractivity contribution < 1.29 is 18.0 Å². The quantitative estimate of drug-likeness (QED) is 0.735. The molecule has 0 aliphatic carbocycles. The van der Waals surface area contributed by atoms with Gasteiger partial charge in [-0.1, -0.05) is 6.07 Å². The van der Waals surface area contributed by atoms with E-state index < -0.39 is 17.6 Å². The second-order valence-corrected chi connectivity index (χ2v) is 5.86. The first-order valence-corrected chi connectivity index (χ1v) is 7.43. The van der Waals surface area contributed by atoms with Crippen LogP contribution in [-0.2, 0) is 11.0 Å². The Morgan fingerprint density at radius 3 is 2.67 bits per heavy atom. The van der Waals surface area contributed by atoms with Crippen LogP contribution in [0.4, 0.5) is 18.9 Å². The third-order valence-electron chi connectivity index (χ3n) is 2.49. The van der Waals surface area contributed by atoms with Crippen molar-refractivity contribution in [2.45, 2.75) is 6.18 Å². The molecule has 0 aliphatic heterocycles. The van der Waals surface area contributed by atoms with Gasteiger partial charge in [0.25, 0.3) is 0 Å². The molecule has 0 radical (unpaired) electrons. The van der Waals surface area contributed by atoms with Crippen molar-refractivity contribution in [1.29, 1.82) is 0 Å². The Kier molecular flexibility index (Phi) is 4.84. The molecule has 2 rings (SSSR count). The molecule has 1 amide bonds. The van der Waals surface area contributed by atoms with Crippen LogP contribution < -0.4 is 5.32 Å². The summed E-state index contributed by atoms with van der Waals surface area (Å²) in [6.07, 6.45) is -1.58. The third-order valence-corrected chi connectivity index (χ3v) is 4.02. The highest BCUT2D eigenvalue weighted by molar-refractivity contribution is 9.10. The molecule has 0 aliphatic rings. The zero-order valence-electron chi connectivity index (χ0n) is 10.4. The highest BCUT2D eigenvalue weighted by Gasteiger charge is 2.31. The second-order valence-electron chi connectivity index (χ2n) is 4.03. The average molecular weight is 376 g/mol. The van der Waals surface area contributed by atoms with Crippen LogP contribution in [-0.4, -0.2) is 5.91 Å². The highest BCUT2D eigenvalue weighted by Crippen LogP contribution is 2.33.